The van der Waals surface area contributed by atoms with Crippen molar-refractivity contribution in [1.82, 2.24) is 0 Å². The number of hydrogen-bond acceptors (Lipinski definition) is 7. The predicted molar refractivity (Wildman–Crippen MR) is 111 cm³/mol. The largest absolute Gasteiger partial charge is 0.462 e. The number of rotatable bonds is 2. The van der Waals surface area contributed by atoms with Crippen molar-refractivity contribution in [2.75, 3.05) is 0 Å². The number of ether oxygens (including phenoxy) is 2. The van der Waals surface area contributed by atoms with Crippen molar-refractivity contribution >= 4 is 17.7 Å². The summed E-state index contributed by atoms with van der Waals surface area (Å²) in [7, 11) is 0. The monoisotopic (exact) mass is 434 g/mol. The van der Waals surface area contributed by atoms with Crippen LogP contribution < -0.4 is 0 Å². The first-order chi connectivity index (χ1) is 14.3. The second kappa shape index (κ2) is 6.88. The molecule has 4 rings (SSSR count). The lowest BCUT2D eigenvalue weighted by Gasteiger charge is -2.67. The lowest BCUT2D eigenvalue weighted by Crippen LogP contribution is -2.72. The van der Waals surface area contributed by atoms with Crippen molar-refractivity contribution in [3.05, 3.63) is 12.2 Å². The molecule has 0 aromatic rings. The quantitative estimate of drug-likeness (QED) is 0.506. The molecule has 4 aliphatic carbocycles. The summed E-state index contributed by atoms with van der Waals surface area (Å²) < 4.78 is 11.4. The Morgan fingerprint density at radius 2 is 1.61 bits per heavy atom. The first-order valence-corrected chi connectivity index (χ1v) is 11.2. The van der Waals surface area contributed by atoms with Crippen LogP contribution in [-0.2, 0) is 23.9 Å². The van der Waals surface area contributed by atoms with Crippen LogP contribution in [-0.4, -0.2) is 52.4 Å². The Labute approximate surface area is 183 Å². The van der Waals surface area contributed by atoms with E-state index in [0.29, 0.717) is 18.4 Å². The van der Waals surface area contributed by atoms with Crippen molar-refractivity contribution in [1.29, 1.82) is 0 Å². The van der Waals surface area contributed by atoms with Crippen LogP contribution in [0.3, 0.4) is 0 Å². The number of aliphatic hydroxyl groups excluding tert-OH is 2. The molecule has 0 unspecified atom stereocenters. The Balaban J connectivity index is 1.90. The van der Waals surface area contributed by atoms with Crippen LogP contribution in [0.1, 0.15) is 60.3 Å². The number of allylic oxidation sites excluding steroid dienone is 1. The molecule has 172 valence electrons. The molecule has 0 radical (unpaired) electrons. The topological polar surface area (TPSA) is 110 Å². The van der Waals surface area contributed by atoms with Gasteiger partial charge in [0.2, 0.25) is 0 Å². The van der Waals surface area contributed by atoms with Crippen molar-refractivity contribution in [3.63, 3.8) is 0 Å². The van der Waals surface area contributed by atoms with Gasteiger partial charge in [0, 0.05) is 48.3 Å². The highest BCUT2D eigenvalue weighted by Gasteiger charge is 2.75. The van der Waals surface area contributed by atoms with Gasteiger partial charge in [-0.2, -0.15) is 0 Å². The fourth-order valence-corrected chi connectivity index (χ4v) is 8.21. The Morgan fingerprint density at radius 3 is 2.19 bits per heavy atom. The molecule has 1 spiro atoms. The van der Waals surface area contributed by atoms with Crippen LogP contribution in [0.15, 0.2) is 12.2 Å². The third-order valence-corrected chi connectivity index (χ3v) is 9.04. The molecule has 0 aromatic heterocycles. The van der Waals surface area contributed by atoms with Crippen molar-refractivity contribution in [2.24, 2.45) is 34.0 Å². The lowest BCUT2D eigenvalue weighted by atomic mass is 9.38. The maximum absolute atomic E-state index is 13.5. The Hall–Kier alpha value is -1.73. The minimum Gasteiger partial charge on any atom is -0.462 e. The molecule has 0 aromatic carbocycles. The van der Waals surface area contributed by atoms with E-state index in [9.17, 15) is 24.6 Å². The molecule has 4 saturated carbocycles. The second-order valence-electron chi connectivity index (χ2n) is 11.1. The van der Waals surface area contributed by atoms with Gasteiger partial charge < -0.3 is 19.7 Å². The molecule has 0 heterocycles. The minimum atomic E-state index is -0.942. The van der Waals surface area contributed by atoms with E-state index in [1.54, 1.807) is 0 Å². The molecule has 7 heteroatoms. The summed E-state index contributed by atoms with van der Waals surface area (Å²) in [6.07, 6.45) is -1.46. The summed E-state index contributed by atoms with van der Waals surface area (Å²) in [6, 6.07) is 0. The van der Waals surface area contributed by atoms with Gasteiger partial charge in [-0.3, -0.25) is 14.4 Å². The van der Waals surface area contributed by atoms with Gasteiger partial charge >= 0.3 is 11.9 Å². The standard InChI is InChI=1S/C24H34O7/c1-11-14-7-15(27)19-23(6)17(28)8-18(31-13(3)26)22(4,5)20(23)16(30-12(2)25)10-24(19,9-14)21(11)29/h14-20,27-28H,1,7-10H2,2-6H3/t14-,15+,16+,17+,18+,19+,20-,23+,24-/m1/s1. The van der Waals surface area contributed by atoms with Crippen molar-refractivity contribution in [3.8, 4) is 0 Å². The van der Waals surface area contributed by atoms with E-state index >= 15 is 0 Å². The van der Waals surface area contributed by atoms with Crippen LogP contribution in [0.5, 0.6) is 0 Å². The van der Waals surface area contributed by atoms with Crippen molar-refractivity contribution < 1.29 is 34.1 Å². The maximum atomic E-state index is 13.5. The molecular formula is C24H34O7. The Bertz CT molecular complexity index is 847. The summed E-state index contributed by atoms with van der Waals surface area (Å²) in [5, 5.41) is 22.8. The highest BCUT2D eigenvalue weighted by Crippen LogP contribution is 2.71. The molecule has 9 atom stereocenters. The Morgan fingerprint density at radius 1 is 1.00 bits per heavy atom. The van der Waals surface area contributed by atoms with Gasteiger partial charge in [0.1, 0.15) is 12.2 Å². The van der Waals surface area contributed by atoms with Gasteiger partial charge in [-0.1, -0.05) is 27.4 Å². The summed E-state index contributed by atoms with van der Waals surface area (Å²) in [4.78, 5) is 37.4. The summed E-state index contributed by atoms with van der Waals surface area (Å²) >= 11 is 0. The fourth-order valence-electron chi connectivity index (χ4n) is 8.21. The number of Topliss-reactive ketones (excluding diaryl/α,β-unsaturated/α-hetero) is 1. The van der Waals surface area contributed by atoms with Crippen molar-refractivity contribution in [2.45, 2.75) is 84.7 Å². The fraction of sp³-hybridized carbons (Fsp3) is 0.792. The predicted octanol–water partition coefficient (Wildman–Crippen LogP) is 2.18. The molecular weight excluding hydrogens is 400 g/mol. The molecule has 0 saturated heterocycles. The smallest absolute Gasteiger partial charge is 0.302 e. The zero-order chi connectivity index (χ0) is 23.1. The molecule has 31 heavy (non-hydrogen) atoms. The van der Waals surface area contributed by atoms with Gasteiger partial charge in [-0.25, -0.2) is 0 Å². The third-order valence-electron chi connectivity index (χ3n) is 9.04. The van der Waals surface area contributed by atoms with Crippen LogP contribution in [0.2, 0.25) is 0 Å². The first-order valence-electron chi connectivity index (χ1n) is 11.2. The summed E-state index contributed by atoms with van der Waals surface area (Å²) in [5.41, 5.74) is -1.94. The van der Waals surface area contributed by atoms with E-state index in [0.717, 1.165) is 0 Å². The van der Waals surface area contributed by atoms with Crippen LogP contribution >= 0.6 is 0 Å². The number of esters is 2. The highest BCUT2D eigenvalue weighted by molar-refractivity contribution is 6.03. The van der Waals surface area contributed by atoms with E-state index in [2.05, 4.69) is 6.58 Å². The van der Waals surface area contributed by atoms with E-state index in [1.165, 1.54) is 13.8 Å². The van der Waals surface area contributed by atoms with E-state index < -0.39 is 64.4 Å². The molecule has 0 amide bonds. The molecule has 4 fully saturated rings. The van der Waals surface area contributed by atoms with Gasteiger partial charge in [0.15, 0.2) is 5.78 Å². The van der Waals surface area contributed by atoms with Gasteiger partial charge in [0.05, 0.1) is 12.2 Å². The number of aliphatic hydroxyl groups is 2. The zero-order valence-electron chi connectivity index (χ0n) is 19.0. The molecule has 4 aliphatic rings. The van der Waals surface area contributed by atoms with Gasteiger partial charge in [0.25, 0.3) is 0 Å². The van der Waals surface area contributed by atoms with E-state index in [1.807, 2.05) is 20.8 Å². The van der Waals surface area contributed by atoms with Crippen LogP contribution in [0, 0.1) is 34.0 Å². The normalized spacial score (nSPS) is 47.9. The van der Waals surface area contributed by atoms with E-state index in [4.69, 9.17) is 9.47 Å². The first kappa shape index (κ1) is 22.5. The van der Waals surface area contributed by atoms with Gasteiger partial charge in [-0.05, 0) is 30.8 Å². The van der Waals surface area contributed by atoms with E-state index in [-0.39, 0.29) is 24.5 Å². The van der Waals surface area contributed by atoms with Crippen LogP contribution in [0.4, 0.5) is 0 Å². The lowest BCUT2D eigenvalue weighted by molar-refractivity contribution is -0.279. The number of carbonyl (C=O) groups excluding carboxylic acids is 3. The zero-order valence-corrected chi connectivity index (χ0v) is 19.0. The SMILES string of the molecule is C=C1C(=O)[C@@]23C[C@H]1C[C@H](O)[C@H]2[C@@]1(C)[C@H]([C@@H](OC(C)=O)C3)C(C)(C)[C@@H](OC(C)=O)C[C@@H]1O. The molecule has 2 N–H and O–H groups in total. The summed E-state index contributed by atoms with van der Waals surface area (Å²) in [6.45, 7) is 12.5. The number of hydrogen-bond donors (Lipinski definition) is 2. The highest BCUT2D eigenvalue weighted by atomic mass is 16.6. The number of carbonyl (C=O) groups is 3. The number of ketones is 1. The average molecular weight is 435 g/mol. The minimum absolute atomic E-state index is 0.0667. The molecule has 2 bridgehead atoms. The maximum Gasteiger partial charge on any atom is 0.302 e. The Kier molecular flexibility index (Phi) is 4.99. The van der Waals surface area contributed by atoms with Gasteiger partial charge in [-0.15, -0.1) is 0 Å². The average Bonchev–Trinajstić information content (AvgIpc) is 2.79. The second-order valence-corrected chi connectivity index (χ2v) is 11.1. The van der Waals surface area contributed by atoms with Crippen LogP contribution in [0.25, 0.3) is 0 Å². The summed E-state index contributed by atoms with van der Waals surface area (Å²) in [5.74, 6) is -1.96. The molecule has 0 aliphatic heterocycles. The number of fused-ring (bicyclic) bond motifs is 3. The molecule has 7 nitrogen and oxygen atoms in total. The third kappa shape index (κ3) is 2.88.